The van der Waals surface area contributed by atoms with E-state index in [1.54, 1.807) is 6.08 Å². The van der Waals surface area contributed by atoms with E-state index in [9.17, 15) is 19.4 Å². The lowest BCUT2D eigenvalue weighted by atomic mass is 10.0. The second-order valence-electron chi connectivity index (χ2n) is 17.5. The average molecular weight is 802 g/mol. The normalized spacial score (nSPS) is 14.4. The number of allylic oxidation sites excluding steroid dienone is 1. The molecule has 0 aromatic carbocycles. The van der Waals surface area contributed by atoms with Crippen LogP contribution < -0.4 is 5.32 Å². The van der Waals surface area contributed by atoms with E-state index in [1.165, 1.54) is 167 Å². The summed E-state index contributed by atoms with van der Waals surface area (Å²) in [6.45, 7) is 4.83. The van der Waals surface area contributed by atoms with Crippen molar-refractivity contribution in [3.63, 3.8) is 0 Å². The fourth-order valence-corrected chi connectivity index (χ4v) is 7.72. The Morgan fingerprint density at radius 3 is 1.35 bits per heavy atom. The van der Waals surface area contributed by atoms with E-state index in [4.69, 9.17) is 9.05 Å². The van der Waals surface area contributed by atoms with Crippen LogP contribution in [0.25, 0.3) is 0 Å². The number of likely N-dealkylation sites (N-methyl/N-ethyl adjacent to an activating group) is 1. The van der Waals surface area contributed by atoms with Gasteiger partial charge >= 0.3 is 7.82 Å². The minimum atomic E-state index is -4.33. The molecule has 9 heteroatoms. The number of amides is 1. The second kappa shape index (κ2) is 38.7. The zero-order valence-electron chi connectivity index (χ0n) is 37.2. The number of hydrogen-bond acceptors (Lipinski definition) is 5. The van der Waals surface area contributed by atoms with Gasteiger partial charge in [-0.05, 0) is 19.3 Å². The first-order valence-corrected chi connectivity index (χ1v) is 25.1. The van der Waals surface area contributed by atoms with Crippen LogP contribution in [0.2, 0.25) is 0 Å². The van der Waals surface area contributed by atoms with Gasteiger partial charge in [-0.25, -0.2) is 4.57 Å². The van der Waals surface area contributed by atoms with Crippen molar-refractivity contribution in [2.24, 2.45) is 0 Å². The maximum atomic E-state index is 12.9. The van der Waals surface area contributed by atoms with Crippen LogP contribution >= 0.6 is 7.82 Å². The summed E-state index contributed by atoms with van der Waals surface area (Å²) >= 11 is 0. The molecule has 0 fully saturated rings. The number of phosphoric acid groups is 1. The molecule has 3 unspecified atom stereocenters. The Morgan fingerprint density at radius 2 is 0.964 bits per heavy atom. The zero-order valence-corrected chi connectivity index (χ0v) is 38.1. The quantitative estimate of drug-likeness (QED) is 0.0245. The van der Waals surface area contributed by atoms with Crippen LogP contribution in [0.4, 0.5) is 0 Å². The Bertz CT molecular complexity index is 911. The highest BCUT2D eigenvalue weighted by Crippen LogP contribution is 2.43. The zero-order chi connectivity index (χ0) is 40.7. The number of rotatable bonds is 43. The number of hydrogen-bond donors (Lipinski definition) is 3. The molecule has 0 aliphatic heterocycles. The molecule has 0 radical (unpaired) electrons. The van der Waals surface area contributed by atoms with E-state index >= 15 is 0 Å². The van der Waals surface area contributed by atoms with Crippen molar-refractivity contribution in [2.45, 2.75) is 238 Å². The number of nitrogens with zero attached hydrogens (tertiary/aromatic N) is 1. The van der Waals surface area contributed by atoms with E-state index in [0.29, 0.717) is 17.4 Å². The summed E-state index contributed by atoms with van der Waals surface area (Å²) in [5.74, 6) is -0.174. The number of phosphoric ester groups is 1. The Labute approximate surface area is 342 Å². The van der Waals surface area contributed by atoms with E-state index in [0.717, 1.165) is 38.5 Å². The van der Waals surface area contributed by atoms with E-state index < -0.39 is 20.0 Å². The Hall–Kier alpha value is -0.760. The average Bonchev–Trinajstić information content (AvgIpc) is 3.13. The third-order valence-corrected chi connectivity index (χ3v) is 11.7. The molecule has 1 amide bonds. The topological polar surface area (TPSA) is 105 Å². The lowest BCUT2D eigenvalue weighted by Crippen LogP contribution is -2.45. The second-order valence-corrected chi connectivity index (χ2v) is 18.9. The third kappa shape index (κ3) is 41.2. The van der Waals surface area contributed by atoms with Gasteiger partial charge < -0.3 is 19.8 Å². The predicted molar refractivity (Wildman–Crippen MR) is 235 cm³/mol. The minimum Gasteiger partial charge on any atom is -0.387 e. The number of unbranched alkanes of at least 4 members (excludes halogenated alkanes) is 30. The van der Waals surface area contributed by atoms with Gasteiger partial charge in [0.2, 0.25) is 5.91 Å². The molecule has 0 heterocycles. The molecule has 55 heavy (non-hydrogen) atoms. The smallest absolute Gasteiger partial charge is 0.387 e. The summed E-state index contributed by atoms with van der Waals surface area (Å²) in [4.78, 5) is 23.1. The van der Waals surface area contributed by atoms with Crippen molar-refractivity contribution in [3.05, 3.63) is 12.2 Å². The molecular weight excluding hydrogens is 707 g/mol. The van der Waals surface area contributed by atoms with E-state index in [-0.39, 0.29) is 19.1 Å². The molecule has 0 saturated heterocycles. The molecule has 3 atom stereocenters. The maximum Gasteiger partial charge on any atom is 0.472 e. The van der Waals surface area contributed by atoms with Gasteiger partial charge in [-0.2, -0.15) is 0 Å². The fraction of sp³-hybridized carbons (Fsp3) is 0.935. The Kier molecular flexibility index (Phi) is 38.2. The lowest BCUT2D eigenvalue weighted by Gasteiger charge is -2.25. The van der Waals surface area contributed by atoms with Crippen LogP contribution in [0, 0.1) is 0 Å². The number of nitrogens with one attached hydrogen (secondary N) is 1. The first kappa shape index (κ1) is 54.2. The number of quaternary nitrogens is 1. The highest BCUT2D eigenvalue weighted by atomic mass is 31.2. The Balaban J connectivity index is 4.29. The largest absolute Gasteiger partial charge is 0.472 e. The molecule has 0 aromatic heterocycles. The van der Waals surface area contributed by atoms with Crippen LogP contribution in [-0.4, -0.2) is 73.4 Å². The van der Waals surface area contributed by atoms with Crippen molar-refractivity contribution in [2.75, 3.05) is 40.9 Å². The SMILES string of the molecule is CCCCCCCCCCCCCC=CC(O)C(COP(=O)(O)OCC[N+](C)(C)C)NC(=O)CCCCCCCCCCCCCCCCCCCCCC. The third-order valence-electron chi connectivity index (χ3n) is 10.8. The molecule has 328 valence electrons. The molecule has 0 aromatic rings. The standard InChI is InChI=1S/C46H93N2O6P/c1-6-8-10-12-14-16-18-20-21-22-23-24-25-26-28-30-32-34-36-38-40-46(50)47-44(43-54-55(51,52)53-42-41-48(3,4)5)45(49)39-37-35-33-31-29-27-19-17-15-13-11-9-7-2/h37,39,44-45,49H,6-36,38,40-43H2,1-5H3,(H-,47,50,51,52)/p+1. The highest BCUT2D eigenvalue weighted by molar-refractivity contribution is 7.47. The number of carbonyl (C=O) groups excluding carboxylic acids is 1. The molecule has 0 aliphatic rings. The molecule has 0 saturated carbocycles. The minimum absolute atomic E-state index is 0.0646. The van der Waals surface area contributed by atoms with Gasteiger partial charge in [0.05, 0.1) is 39.9 Å². The van der Waals surface area contributed by atoms with Crippen LogP contribution in [-0.2, 0) is 18.4 Å². The first-order chi connectivity index (χ1) is 26.5. The van der Waals surface area contributed by atoms with Crippen LogP contribution in [0.3, 0.4) is 0 Å². The molecule has 8 nitrogen and oxygen atoms in total. The number of carbonyl (C=O) groups is 1. The predicted octanol–water partition coefficient (Wildman–Crippen LogP) is 13.1. The van der Waals surface area contributed by atoms with Crippen molar-refractivity contribution >= 4 is 13.7 Å². The molecule has 0 bridgehead atoms. The Morgan fingerprint density at radius 1 is 0.600 bits per heavy atom. The van der Waals surface area contributed by atoms with Crippen molar-refractivity contribution in [1.29, 1.82) is 0 Å². The molecule has 0 rings (SSSR count). The van der Waals surface area contributed by atoms with Gasteiger partial charge in [-0.1, -0.05) is 212 Å². The van der Waals surface area contributed by atoms with Crippen molar-refractivity contribution in [3.8, 4) is 0 Å². The van der Waals surface area contributed by atoms with Gasteiger partial charge in [0.15, 0.2) is 0 Å². The highest BCUT2D eigenvalue weighted by Gasteiger charge is 2.27. The maximum absolute atomic E-state index is 12.9. The van der Waals surface area contributed by atoms with Crippen molar-refractivity contribution in [1.82, 2.24) is 5.32 Å². The molecular formula is C46H94N2O6P+. The lowest BCUT2D eigenvalue weighted by molar-refractivity contribution is -0.870. The monoisotopic (exact) mass is 802 g/mol. The van der Waals surface area contributed by atoms with E-state index in [1.807, 2.05) is 27.2 Å². The summed E-state index contributed by atoms with van der Waals surface area (Å²) in [5.41, 5.74) is 0. The summed E-state index contributed by atoms with van der Waals surface area (Å²) in [5, 5.41) is 13.8. The van der Waals surface area contributed by atoms with Gasteiger partial charge in [0.25, 0.3) is 0 Å². The van der Waals surface area contributed by atoms with Crippen LogP contribution in [0.1, 0.15) is 226 Å². The summed E-state index contributed by atoms with van der Waals surface area (Å²) in [7, 11) is 1.58. The first-order valence-electron chi connectivity index (χ1n) is 23.6. The number of aliphatic hydroxyl groups excluding tert-OH is 1. The van der Waals surface area contributed by atoms with Crippen LogP contribution in [0.5, 0.6) is 0 Å². The number of aliphatic hydroxyl groups is 1. The van der Waals surface area contributed by atoms with Crippen molar-refractivity contribution < 1.29 is 32.9 Å². The fourth-order valence-electron chi connectivity index (χ4n) is 6.98. The van der Waals surface area contributed by atoms with Gasteiger partial charge in [-0.3, -0.25) is 13.8 Å². The molecule has 0 aliphatic carbocycles. The van der Waals surface area contributed by atoms with Gasteiger partial charge in [0, 0.05) is 6.42 Å². The molecule has 0 spiro atoms. The summed E-state index contributed by atoms with van der Waals surface area (Å²) in [6.07, 6.45) is 44.2. The summed E-state index contributed by atoms with van der Waals surface area (Å²) in [6, 6.07) is -0.839. The van der Waals surface area contributed by atoms with Crippen LogP contribution in [0.15, 0.2) is 12.2 Å². The van der Waals surface area contributed by atoms with E-state index in [2.05, 4.69) is 19.2 Å². The van der Waals surface area contributed by atoms with Gasteiger partial charge in [0.1, 0.15) is 13.2 Å². The summed E-state index contributed by atoms with van der Waals surface area (Å²) < 4.78 is 23.6. The van der Waals surface area contributed by atoms with Gasteiger partial charge in [-0.15, -0.1) is 0 Å². The molecule has 3 N–H and O–H groups in total.